The van der Waals surface area contributed by atoms with Crippen molar-refractivity contribution in [3.05, 3.63) is 41.3 Å². The molecule has 0 N–H and O–H groups in total. The third-order valence-corrected chi connectivity index (χ3v) is 3.68. The topological polar surface area (TPSA) is 9.23 Å². The fourth-order valence-electron chi connectivity index (χ4n) is 1.96. The van der Waals surface area contributed by atoms with E-state index in [2.05, 4.69) is 35.7 Å². The number of ether oxygens (including phenoxy) is 1. The third-order valence-electron chi connectivity index (χ3n) is 2.79. The Bertz CT molecular complexity index is 510. The molecule has 0 saturated heterocycles. The number of rotatable bonds is 1. The van der Waals surface area contributed by atoms with Gasteiger partial charge in [0.2, 0.25) is 0 Å². The maximum atomic E-state index is 5.32. The highest BCUT2D eigenvalue weighted by atomic mass is 32.1. The van der Waals surface area contributed by atoms with Gasteiger partial charge in [-0.05, 0) is 46.5 Å². The van der Waals surface area contributed by atoms with Crippen LogP contribution in [0.3, 0.4) is 0 Å². The van der Waals surface area contributed by atoms with Crippen LogP contribution in [0.4, 0.5) is 0 Å². The summed E-state index contributed by atoms with van der Waals surface area (Å²) < 4.78 is 6.69. The molecule has 2 heterocycles. The van der Waals surface area contributed by atoms with Crippen molar-refractivity contribution in [2.45, 2.75) is 6.42 Å². The van der Waals surface area contributed by atoms with Crippen LogP contribution in [0.5, 0.6) is 0 Å². The lowest BCUT2D eigenvalue weighted by atomic mass is 10.0. The summed E-state index contributed by atoms with van der Waals surface area (Å²) in [6, 6.07) is 8.90. The predicted octanol–water partition coefficient (Wildman–Crippen LogP) is 3.71. The quantitative estimate of drug-likeness (QED) is 0.706. The molecule has 1 aromatic heterocycles. The minimum absolute atomic E-state index is 0.761. The van der Waals surface area contributed by atoms with Gasteiger partial charge in [0.05, 0.1) is 13.2 Å². The average molecular weight is 216 g/mol. The van der Waals surface area contributed by atoms with Crippen LogP contribution in [0, 0.1) is 0 Å². The SMILES string of the molecule is C1=C(c2ccc3sccc3c2)CCOC1. The molecule has 15 heavy (non-hydrogen) atoms. The van der Waals surface area contributed by atoms with Crippen LogP contribution >= 0.6 is 11.3 Å². The van der Waals surface area contributed by atoms with Crippen molar-refractivity contribution in [2.75, 3.05) is 13.2 Å². The van der Waals surface area contributed by atoms with E-state index in [9.17, 15) is 0 Å². The van der Waals surface area contributed by atoms with Gasteiger partial charge in [0.1, 0.15) is 0 Å². The summed E-state index contributed by atoms with van der Waals surface area (Å²) in [5.74, 6) is 0. The molecule has 0 fully saturated rings. The molecule has 0 bridgehead atoms. The first-order valence-electron chi connectivity index (χ1n) is 5.18. The molecule has 0 radical (unpaired) electrons. The van der Waals surface area contributed by atoms with Gasteiger partial charge < -0.3 is 4.74 Å². The fourth-order valence-corrected chi connectivity index (χ4v) is 2.73. The van der Waals surface area contributed by atoms with E-state index < -0.39 is 0 Å². The molecular weight excluding hydrogens is 204 g/mol. The monoisotopic (exact) mass is 216 g/mol. The third kappa shape index (κ3) is 1.71. The maximum absolute atomic E-state index is 5.32. The standard InChI is InChI=1S/C13H12OS/c1-2-13-12(5-8-15-13)9-11(1)10-3-6-14-7-4-10/h1-3,5,8-9H,4,6-7H2. The van der Waals surface area contributed by atoms with Gasteiger partial charge in [-0.3, -0.25) is 0 Å². The Morgan fingerprint density at radius 2 is 2.20 bits per heavy atom. The van der Waals surface area contributed by atoms with Crippen LogP contribution in [0.15, 0.2) is 35.7 Å². The van der Waals surface area contributed by atoms with Crippen molar-refractivity contribution in [2.24, 2.45) is 0 Å². The zero-order valence-electron chi connectivity index (χ0n) is 8.40. The molecule has 1 aliphatic heterocycles. The smallest absolute Gasteiger partial charge is 0.0653 e. The van der Waals surface area contributed by atoms with Gasteiger partial charge in [0.25, 0.3) is 0 Å². The molecule has 3 rings (SSSR count). The summed E-state index contributed by atoms with van der Waals surface area (Å²) in [5.41, 5.74) is 2.78. The van der Waals surface area contributed by atoms with Crippen LogP contribution in [-0.4, -0.2) is 13.2 Å². The van der Waals surface area contributed by atoms with Crippen molar-refractivity contribution in [3.8, 4) is 0 Å². The number of hydrogen-bond acceptors (Lipinski definition) is 2. The maximum Gasteiger partial charge on any atom is 0.0653 e. The molecular formula is C13H12OS. The Morgan fingerprint density at radius 1 is 1.20 bits per heavy atom. The van der Waals surface area contributed by atoms with E-state index in [1.54, 1.807) is 11.3 Å². The molecule has 0 atom stereocenters. The summed E-state index contributed by atoms with van der Waals surface area (Å²) >= 11 is 1.80. The van der Waals surface area contributed by atoms with Crippen LogP contribution in [0.1, 0.15) is 12.0 Å². The van der Waals surface area contributed by atoms with E-state index in [0.29, 0.717) is 0 Å². The number of thiophene rings is 1. The van der Waals surface area contributed by atoms with E-state index in [4.69, 9.17) is 4.74 Å². The second-order valence-corrected chi connectivity index (χ2v) is 4.68. The second-order valence-electron chi connectivity index (χ2n) is 3.73. The minimum atomic E-state index is 0.761. The Balaban J connectivity index is 2.06. The molecule has 1 aromatic carbocycles. The summed E-state index contributed by atoms with van der Waals surface area (Å²) in [4.78, 5) is 0. The van der Waals surface area contributed by atoms with Crippen LogP contribution in [-0.2, 0) is 4.74 Å². The number of hydrogen-bond donors (Lipinski definition) is 0. The normalized spacial score (nSPS) is 16.7. The Kier molecular flexibility index (Phi) is 2.31. The summed E-state index contributed by atoms with van der Waals surface area (Å²) in [6.45, 7) is 1.62. The highest BCUT2D eigenvalue weighted by Gasteiger charge is 2.06. The van der Waals surface area contributed by atoms with Crippen molar-refractivity contribution < 1.29 is 4.74 Å². The molecule has 1 nitrogen and oxygen atoms in total. The molecule has 0 unspecified atom stereocenters. The van der Waals surface area contributed by atoms with Gasteiger partial charge >= 0.3 is 0 Å². The van der Waals surface area contributed by atoms with E-state index in [1.807, 2.05) is 0 Å². The van der Waals surface area contributed by atoms with Crippen LogP contribution in [0.2, 0.25) is 0 Å². The number of benzene rings is 1. The van der Waals surface area contributed by atoms with Crippen LogP contribution < -0.4 is 0 Å². The lowest BCUT2D eigenvalue weighted by molar-refractivity contribution is 0.161. The summed E-state index contributed by atoms with van der Waals surface area (Å²) in [5, 5.41) is 3.50. The van der Waals surface area contributed by atoms with Crippen LogP contribution in [0.25, 0.3) is 15.7 Å². The molecule has 2 aromatic rings. The van der Waals surface area contributed by atoms with E-state index in [-0.39, 0.29) is 0 Å². The molecule has 0 aliphatic carbocycles. The minimum Gasteiger partial charge on any atom is -0.377 e. The number of fused-ring (bicyclic) bond motifs is 1. The van der Waals surface area contributed by atoms with E-state index >= 15 is 0 Å². The van der Waals surface area contributed by atoms with E-state index in [1.165, 1.54) is 21.2 Å². The first-order valence-corrected chi connectivity index (χ1v) is 6.06. The highest BCUT2D eigenvalue weighted by Crippen LogP contribution is 2.27. The first-order chi connectivity index (χ1) is 7.43. The average Bonchev–Trinajstić information content (AvgIpc) is 2.77. The molecule has 2 heteroatoms. The van der Waals surface area contributed by atoms with Crippen molar-refractivity contribution in [3.63, 3.8) is 0 Å². The molecule has 0 amide bonds. The Labute approximate surface area is 93.0 Å². The largest absolute Gasteiger partial charge is 0.377 e. The van der Waals surface area contributed by atoms with Gasteiger partial charge in [-0.2, -0.15) is 0 Å². The lowest BCUT2D eigenvalue weighted by Crippen LogP contribution is -2.03. The van der Waals surface area contributed by atoms with Crippen molar-refractivity contribution in [1.29, 1.82) is 0 Å². The van der Waals surface area contributed by atoms with Gasteiger partial charge in [-0.25, -0.2) is 0 Å². The highest BCUT2D eigenvalue weighted by molar-refractivity contribution is 7.17. The van der Waals surface area contributed by atoms with Gasteiger partial charge in [0, 0.05) is 4.70 Å². The van der Waals surface area contributed by atoms with Crippen molar-refractivity contribution in [1.82, 2.24) is 0 Å². The Hall–Kier alpha value is -1.12. The van der Waals surface area contributed by atoms with Gasteiger partial charge in [-0.15, -0.1) is 11.3 Å². The summed E-state index contributed by atoms with van der Waals surface area (Å²) in [7, 11) is 0. The predicted molar refractivity (Wildman–Crippen MR) is 65.2 cm³/mol. The zero-order chi connectivity index (χ0) is 10.1. The molecule has 0 saturated carbocycles. The fraction of sp³-hybridized carbons (Fsp3) is 0.231. The second kappa shape index (κ2) is 3.80. The van der Waals surface area contributed by atoms with Crippen molar-refractivity contribution >= 4 is 27.0 Å². The first kappa shape index (κ1) is 9.13. The molecule has 1 aliphatic rings. The zero-order valence-corrected chi connectivity index (χ0v) is 9.22. The summed E-state index contributed by atoms with van der Waals surface area (Å²) in [6.07, 6.45) is 3.23. The Morgan fingerprint density at radius 3 is 3.07 bits per heavy atom. The lowest BCUT2D eigenvalue weighted by Gasteiger charge is -2.13. The molecule has 76 valence electrons. The van der Waals surface area contributed by atoms with Gasteiger partial charge in [0.15, 0.2) is 0 Å². The molecule has 0 spiro atoms. The van der Waals surface area contributed by atoms with Gasteiger partial charge in [-0.1, -0.05) is 12.1 Å². The van der Waals surface area contributed by atoms with E-state index in [0.717, 1.165) is 19.6 Å².